The van der Waals surface area contributed by atoms with Crippen LogP contribution >= 0.6 is 0 Å². The van der Waals surface area contributed by atoms with Gasteiger partial charge in [0.05, 0.1) is 12.0 Å². The molecule has 2 aliphatic rings. The van der Waals surface area contributed by atoms with Crippen LogP contribution in [0.2, 0.25) is 0 Å². The van der Waals surface area contributed by atoms with Crippen molar-refractivity contribution in [2.45, 2.75) is 58.1 Å². The van der Waals surface area contributed by atoms with Crippen LogP contribution in [0.4, 0.5) is 4.79 Å². The van der Waals surface area contributed by atoms with Gasteiger partial charge in [0.2, 0.25) is 5.91 Å². The summed E-state index contributed by atoms with van der Waals surface area (Å²) in [5.74, 6) is 0.0419. The van der Waals surface area contributed by atoms with Crippen LogP contribution in [0.25, 0.3) is 0 Å². The minimum Gasteiger partial charge on any atom is -0.443 e. The van der Waals surface area contributed by atoms with Gasteiger partial charge in [0.15, 0.2) is 0 Å². The SMILES string of the molecule is CC(C)(C)OC(=O)N1C(=O)[C@H]2CCCC[C@H]21. The first-order chi connectivity index (χ1) is 7.40. The van der Waals surface area contributed by atoms with Crippen LogP contribution in [0.15, 0.2) is 0 Å². The first-order valence-corrected chi connectivity index (χ1v) is 5.96. The Bertz CT molecular complexity index is 319. The number of rotatable bonds is 0. The topological polar surface area (TPSA) is 46.6 Å². The minimum atomic E-state index is -0.531. The summed E-state index contributed by atoms with van der Waals surface area (Å²) in [4.78, 5) is 24.9. The van der Waals surface area contributed by atoms with Crippen LogP contribution in [0.1, 0.15) is 46.5 Å². The van der Waals surface area contributed by atoms with Gasteiger partial charge in [-0.3, -0.25) is 4.79 Å². The Balaban J connectivity index is 2.00. The van der Waals surface area contributed by atoms with E-state index < -0.39 is 11.7 Å². The molecule has 1 aliphatic heterocycles. The first-order valence-electron chi connectivity index (χ1n) is 5.96. The molecular weight excluding hydrogens is 206 g/mol. The molecule has 1 aliphatic carbocycles. The highest BCUT2D eigenvalue weighted by molar-refractivity contribution is 5.99. The maximum absolute atomic E-state index is 11.8. The summed E-state index contributed by atoms with van der Waals surface area (Å²) in [6, 6.07) is 0.107. The van der Waals surface area contributed by atoms with Gasteiger partial charge in [0, 0.05) is 0 Å². The zero-order valence-electron chi connectivity index (χ0n) is 10.2. The van der Waals surface area contributed by atoms with Crippen molar-refractivity contribution < 1.29 is 14.3 Å². The zero-order valence-corrected chi connectivity index (χ0v) is 10.2. The zero-order chi connectivity index (χ0) is 11.9. The lowest BCUT2D eigenvalue weighted by molar-refractivity contribution is -0.156. The average Bonchev–Trinajstić information content (AvgIpc) is 2.14. The van der Waals surface area contributed by atoms with Gasteiger partial charge < -0.3 is 4.74 Å². The van der Waals surface area contributed by atoms with Crippen molar-refractivity contribution in [1.29, 1.82) is 0 Å². The van der Waals surface area contributed by atoms with Gasteiger partial charge in [-0.15, -0.1) is 0 Å². The predicted octanol–water partition coefficient (Wildman–Crippen LogP) is 2.32. The lowest BCUT2D eigenvalue weighted by Crippen LogP contribution is -2.64. The second-order valence-electron chi connectivity index (χ2n) is 5.65. The molecule has 0 N–H and O–H groups in total. The number of nitrogens with zero attached hydrogens (tertiary/aromatic N) is 1. The summed E-state index contributed by atoms with van der Waals surface area (Å²) in [5.41, 5.74) is -0.531. The molecule has 1 heterocycles. The number of hydrogen-bond acceptors (Lipinski definition) is 3. The van der Waals surface area contributed by atoms with Crippen LogP contribution in [0.5, 0.6) is 0 Å². The van der Waals surface area contributed by atoms with Crippen LogP contribution in [-0.2, 0) is 9.53 Å². The van der Waals surface area contributed by atoms with Crippen molar-refractivity contribution >= 4 is 12.0 Å². The molecule has 0 aromatic carbocycles. The summed E-state index contributed by atoms with van der Waals surface area (Å²) in [7, 11) is 0. The van der Waals surface area contributed by atoms with Crippen LogP contribution < -0.4 is 0 Å². The molecule has 0 aromatic rings. The van der Waals surface area contributed by atoms with E-state index in [9.17, 15) is 9.59 Å². The Morgan fingerprint density at radius 3 is 2.56 bits per heavy atom. The fourth-order valence-electron chi connectivity index (χ4n) is 2.50. The predicted molar refractivity (Wildman–Crippen MR) is 58.8 cm³/mol. The molecule has 0 bridgehead atoms. The Kier molecular flexibility index (Phi) is 2.68. The fourth-order valence-corrected chi connectivity index (χ4v) is 2.50. The van der Waals surface area contributed by atoms with Gasteiger partial charge in [-0.1, -0.05) is 12.8 Å². The van der Waals surface area contributed by atoms with Crippen molar-refractivity contribution in [3.8, 4) is 0 Å². The summed E-state index contributed by atoms with van der Waals surface area (Å²) in [6.07, 6.45) is 3.61. The number of carbonyl (C=O) groups is 2. The lowest BCUT2D eigenvalue weighted by atomic mass is 9.76. The van der Waals surface area contributed by atoms with Gasteiger partial charge in [0.1, 0.15) is 5.60 Å². The standard InChI is InChI=1S/C12H19NO3/c1-12(2,3)16-11(15)13-9-7-5-4-6-8(9)10(13)14/h8-9H,4-7H2,1-3H3/t8-,9+/m0/s1. The van der Waals surface area contributed by atoms with Gasteiger partial charge in [-0.05, 0) is 33.6 Å². The lowest BCUT2D eigenvalue weighted by Gasteiger charge is -2.48. The van der Waals surface area contributed by atoms with Crippen molar-refractivity contribution in [3.05, 3.63) is 0 Å². The normalized spacial score (nSPS) is 29.4. The maximum atomic E-state index is 11.8. The van der Waals surface area contributed by atoms with E-state index in [0.29, 0.717) is 0 Å². The summed E-state index contributed by atoms with van der Waals surface area (Å²) in [6.45, 7) is 5.44. The van der Waals surface area contributed by atoms with Gasteiger partial charge in [0.25, 0.3) is 0 Å². The summed E-state index contributed by atoms with van der Waals surface area (Å²) in [5, 5.41) is 0. The van der Waals surface area contributed by atoms with E-state index in [1.165, 1.54) is 4.90 Å². The molecule has 1 saturated carbocycles. The molecule has 0 aromatic heterocycles. The summed E-state index contributed by atoms with van der Waals surface area (Å²) < 4.78 is 5.23. The van der Waals surface area contributed by atoms with Crippen molar-refractivity contribution in [2.24, 2.45) is 5.92 Å². The monoisotopic (exact) mass is 225 g/mol. The van der Waals surface area contributed by atoms with Gasteiger partial charge in [-0.2, -0.15) is 0 Å². The number of β-lactam (4-membered cyclic amide) rings is 1. The van der Waals surface area contributed by atoms with E-state index >= 15 is 0 Å². The molecule has 4 nitrogen and oxygen atoms in total. The molecule has 2 fully saturated rings. The molecule has 1 saturated heterocycles. The molecule has 0 unspecified atom stereocenters. The van der Waals surface area contributed by atoms with E-state index in [1.807, 2.05) is 20.8 Å². The van der Waals surface area contributed by atoms with E-state index in [-0.39, 0.29) is 17.9 Å². The second-order valence-corrected chi connectivity index (χ2v) is 5.65. The van der Waals surface area contributed by atoms with E-state index in [1.54, 1.807) is 0 Å². The molecule has 0 spiro atoms. The number of likely N-dealkylation sites (tertiary alicyclic amines) is 1. The first kappa shape index (κ1) is 11.4. The molecule has 2 atom stereocenters. The molecule has 16 heavy (non-hydrogen) atoms. The average molecular weight is 225 g/mol. The number of carbonyl (C=O) groups excluding carboxylic acids is 2. The fraction of sp³-hybridized carbons (Fsp3) is 0.833. The van der Waals surface area contributed by atoms with Gasteiger partial charge >= 0.3 is 6.09 Å². The molecule has 2 amide bonds. The smallest absolute Gasteiger partial charge is 0.417 e. The molecule has 2 rings (SSSR count). The Morgan fingerprint density at radius 2 is 1.94 bits per heavy atom. The summed E-state index contributed by atoms with van der Waals surface area (Å²) >= 11 is 0. The third-order valence-corrected chi connectivity index (χ3v) is 3.21. The Labute approximate surface area is 95.9 Å². The highest BCUT2D eigenvalue weighted by Gasteiger charge is 2.52. The number of hydrogen-bond donors (Lipinski definition) is 0. The van der Waals surface area contributed by atoms with E-state index in [4.69, 9.17) is 4.74 Å². The number of fused-ring (bicyclic) bond motifs is 1. The quantitative estimate of drug-likeness (QED) is 0.594. The van der Waals surface area contributed by atoms with E-state index in [2.05, 4.69) is 0 Å². The Hall–Kier alpha value is -1.06. The molecular formula is C12H19NO3. The Morgan fingerprint density at radius 1 is 1.31 bits per heavy atom. The molecule has 0 radical (unpaired) electrons. The van der Waals surface area contributed by atoms with Crippen LogP contribution in [-0.4, -0.2) is 28.5 Å². The van der Waals surface area contributed by atoms with Crippen molar-refractivity contribution in [2.75, 3.05) is 0 Å². The van der Waals surface area contributed by atoms with Crippen LogP contribution in [0, 0.1) is 5.92 Å². The third-order valence-electron chi connectivity index (χ3n) is 3.21. The highest BCUT2D eigenvalue weighted by Crippen LogP contribution is 2.39. The molecule has 90 valence electrons. The van der Waals surface area contributed by atoms with Crippen LogP contribution in [0.3, 0.4) is 0 Å². The van der Waals surface area contributed by atoms with E-state index in [0.717, 1.165) is 25.7 Å². The maximum Gasteiger partial charge on any atom is 0.417 e. The number of imide groups is 1. The van der Waals surface area contributed by atoms with Gasteiger partial charge in [-0.25, -0.2) is 9.69 Å². The largest absolute Gasteiger partial charge is 0.443 e. The number of amides is 2. The minimum absolute atomic E-state index is 0.0426. The third kappa shape index (κ3) is 1.93. The molecule has 4 heteroatoms. The van der Waals surface area contributed by atoms with Crippen molar-refractivity contribution in [1.82, 2.24) is 4.90 Å². The highest BCUT2D eigenvalue weighted by atomic mass is 16.6. The van der Waals surface area contributed by atoms with Crippen molar-refractivity contribution in [3.63, 3.8) is 0 Å². The second kappa shape index (κ2) is 3.75. The number of ether oxygens (including phenoxy) is 1.